The molecule has 10 nitrogen and oxygen atoms in total. The topological polar surface area (TPSA) is 168 Å². The van der Waals surface area contributed by atoms with Crippen LogP contribution in [-0.4, -0.2) is 80.5 Å². The number of rotatable bonds is 22. The van der Waals surface area contributed by atoms with E-state index < -0.39 is 23.9 Å². The van der Waals surface area contributed by atoms with Crippen LogP contribution in [0, 0.1) is 0 Å². The maximum Gasteiger partial charge on any atom is 0.313 e. The third-order valence-electron chi connectivity index (χ3n) is 5.52. The van der Waals surface area contributed by atoms with E-state index in [1.54, 1.807) is 0 Å². The summed E-state index contributed by atoms with van der Waals surface area (Å²) in [7, 11) is 0. The van der Waals surface area contributed by atoms with Gasteiger partial charge in [-0.3, -0.25) is 19.2 Å². The fraction of sp³-hybridized carbons (Fsp3) is 0.448. The van der Waals surface area contributed by atoms with Crippen LogP contribution in [0.5, 0.6) is 11.5 Å². The molecule has 0 aliphatic carbocycles. The number of hydrogen-bond donors (Lipinski definition) is 4. The Bertz CT molecular complexity index is 1090. The molecule has 0 saturated carbocycles. The zero-order chi connectivity index (χ0) is 31.8. The molecule has 236 valence electrons. The van der Waals surface area contributed by atoms with Crippen LogP contribution >= 0.6 is 47.0 Å². The fourth-order valence-electron chi connectivity index (χ4n) is 4.17. The monoisotopic (exact) mass is 672 g/mol. The second-order valence-electron chi connectivity index (χ2n) is 9.08. The molecule has 0 aromatic heterocycles. The van der Waals surface area contributed by atoms with E-state index in [1.807, 2.05) is 38.1 Å². The Morgan fingerprint density at radius 2 is 0.791 bits per heavy atom. The van der Waals surface area contributed by atoms with Crippen molar-refractivity contribution in [2.24, 2.45) is 0 Å². The zero-order valence-electron chi connectivity index (χ0n) is 24.0. The van der Waals surface area contributed by atoms with Crippen molar-refractivity contribution in [3.05, 3.63) is 57.6 Å². The Labute approximate surface area is 267 Å². The summed E-state index contributed by atoms with van der Waals surface area (Å²) in [5.74, 6) is -1.17. The highest BCUT2D eigenvalue weighted by Gasteiger charge is 2.18. The molecule has 0 amide bonds. The van der Waals surface area contributed by atoms with Crippen LogP contribution in [0.25, 0.3) is 0 Å². The fourth-order valence-corrected chi connectivity index (χ4v) is 7.02. The van der Waals surface area contributed by atoms with Crippen molar-refractivity contribution in [3.8, 4) is 11.5 Å². The highest BCUT2D eigenvalue weighted by atomic mass is 32.2. The SMILES string of the molecule is CCOc1c(CSCC(=O)O)cc(Cc2cc(CSCC(=O)O)c(OCC)c(CSCC(=O)O)c2)cc1CSCC(=O)O. The van der Waals surface area contributed by atoms with Crippen molar-refractivity contribution in [1.29, 1.82) is 0 Å². The summed E-state index contributed by atoms with van der Waals surface area (Å²) in [4.78, 5) is 44.6. The Morgan fingerprint density at radius 1 is 0.535 bits per heavy atom. The molecule has 2 aromatic rings. The molecular weight excluding hydrogens is 637 g/mol. The molecule has 2 rings (SSSR count). The lowest BCUT2D eigenvalue weighted by atomic mass is 9.97. The van der Waals surface area contributed by atoms with Gasteiger partial charge < -0.3 is 29.9 Å². The van der Waals surface area contributed by atoms with Gasteiger partial charge in [-0.2, -0.15) is 0 Å². The minimum absolute atomic E-state index is 0.0769. The third-order valence-corrected chi connectivity index (χ3v) is 9.39. The number of hydrogen-bond acceptors (Lipinski definition) is 10. The van der Waals surface area contributed by atoms with Crippen LogP contribution in [0.3, 0.4) is 0 Å². The molecule has 0 spiro atoms. The lowest BCUT2D eigenvalue weighted by Crippen LogP contribution is -2.06. The van der Waals surface area contributed by atoms with Gasteiger partial charge in [-0.15, -0.1) is 47.0 Å². The number of thioether (sulfide) groups is 4. The second kappa shape index (κ2) is 19.6. The first kappa shape index (κ1) is 36.5. The molecule has 4 N–H and O–H groups in total. The molecular formula is C29H36O10S4. The van der Waals surface area contributed by atoms with Crippen molar-refractivity contribution in [2.45, 2.75) is 43.3 Å². The van der Waals surface area contributed by atoms with Crippen LogP contribution < -0.4 is 9.47 Å². The standard InChI is InChI=1S/C29H36O10S4/c1-3-38-28-20(10-40-14-24(30)31)6-18(7-21(28)11-41-15-25(32)33)5-19-8-22(12-42-16-26(34)35)29(39-4-2)23(9-19)13-43-17-27(36)37/h6-9H,3-5,10-17H2,1-2H3,(H,30,31)(H,32,33)(H,34,35)(H,36,37). The Kier molecular flexibility index (Phi) is 16.6. The number of benzene rings is 2. The van der Waals surface area contributed by atoms with Gasteiger partial charge in [-0.05, 0) is 31.4 Å². The first-order valence-corrected chi connectivity index (χ1v) is 17.9. The number of carboxylic acid groups (broad SMARTS) is 4. The molecule has 0 fully saturated rings. The molecule has 0 radical (unpaired) electrons. The average Bonchev–Trinajstić information content (AvgIpc) is 2.91. The molecule has 0 bridgehead atoms. The predicted octanol–water partition coefficient (Wildman–Crippen LogP) is 5.35. The van der Waals surface area contributed by atoms with Crippen LogP contribution in [0.15, 0.2) is 24.3 Å². The van der Waals surface area contributed by atoms with Gasteiger partial charge in [0.25, 0.3) is 0 Å². The van der Waals surface area contributed by atoms with Gasteiger partial charge in [0.2, 0.25) is 0 Å². The normalized spacial score (nSPS) is 10.8. The summed E-state index contributed by atoms with van der Waals surface area (Å²) in [6.45, 7) is 4.48. The molecule has 2 aromatic carbocycles. The molecule has 14 heteroatoms. The van der Waals surface area contributed by atoms with E-state index in [-0.39, 0.29) is 23.0 Å². The maximum absolute atomic E-state index is 11.2. The minimum Gasteiger partial charge on any atom is -0.493 e. The number of ether oxygens (including phenoxy) is 2. The van der Waals surface area contributed by atoms with Gasteiger partial charge in [-0.25, -0.2) is 0 Å². The third kappa shape index (κ3) is 13.7. The number of carbonyl (C=O) groups is 4. The Morgan fingerprint density at radius 3 is 1.00 bits per heavy atom. The quantitative estimate of drug-likeness (QED) is 0.126. The minimum atomic E-state index is -0.924. The summed E-state index contributed by atoms with van der Waals surface area (Å²) < 4.78 is 11.9. The summed E-state index contributed by atoms with van der Waals surface area (Å²) in [6, 6.07) is 7.89. The smallest absolute Gasteiger partial charge is 0.313 e. The van der Waals surface area contributed by atoms with E-state index in [2.05, 4.69) is 0 Å². The van der Waals surface area contributed by atoms with E-state index in [1.165, 1.54) is 47.0 Å². The molecule has 0 aliphatic rings. The van der Waals surface area contributed by atoms with Crippen molar-refractivity contribution < 1.29 is 49.1 Å². The van der Waals surface area contributed by atoms with E-state index >= 15 is 0 Å². The highest BCUT2D eigenvalue weighted by Crippen LogP contribution is 2.36. The van der Waals surface area contributed by atoms with Crippen molar-refractivity contribution in [3.63, 3.8) is 0 Å². The van der Waals surface area contributed by atoms with Crippen LogP contribution in [0.1, 0.15) is 47.2 Å². The number of carboxylic acids is 4. The van der Waals surface area contributed by atoms with E-state index in [0.717, 1.165) is 33.4 Å². The van der Waals surface area contributed by atoms with Crippen molar-refractivity contribution >= 4 is 70.9 Å². The molecule has 0 aliphatic heterocycles. The van der Waals surface area contributed by atoms with Crippen LogP contribution in [-0.2, 0) is 48.6 Å². The molecule has 0 unspecified atom stereocenters. The summed E-state index contributed by atoms with van der Waals surface area (Å²) in [5.41, 5.74) is 5.10. The first-order valence-electron chi connectivity index (χ1n) is 13.3. The van der Waals surface area contributed by atoms with Crippen molar-refractivity contribution in [1.82, 2.24) is 0 Å². The lowest BCUT2D eigenvalue weighted by molar-refractivity contribution is -0.134. The maximum atomic E-state index is 11.2. The second-order valence-corrected chi connectivity index (χ2v) is 13.0. The van der Waals surface area contributed by atoms with Crippen LogP contribution in [0.2, 0.25) is 0 Å². The van der Waals surface area contributed by atoms with Gasteiger partial charge in [-0.1, -0.05) is 24.3 Å². The van der Waals surface area contributed by atoms with Gasteiger partial charge in [0.1, 0.15) is 11.5 Å². The zero-order valence-corrected chi connectivity index (χ0v) is 27.2. The molecule has 0 heterocycles. The highest BCUT2D eigenvalue weighted by molar-refractivity contribution is 7.99. The van der Waals surface area contributed by atoms with Gasteiger partial charge in [0.05, 0.1) is 36.2 Å². The average molecular weight is 673 g/mol. The summed E-state index contributed by atoms with van der Waals surface area (Å²) in [6.07, 6.45) is 0.471. The Balaban J connectivity index is 2.55. The van der Waals surface area contributed by atoms with E-state index in [0.29, 0.717) is 54.1 Å². The van der Waals surface area contributed by atoms with Crippen molar-refractivity contribution in [2.75, 3.05) is 36.2 Å². The number of aliphatic carboxylic acids is 4. The molecule has 43 heavy (non-hydrogen) atoms. The largest absolute Gasteiger partial charge is 0.493 e. The van der Waals surface area contributed by atoms with Gasteiger partial charge in [0, 0.05) is 45.3 Å². The Hall–Kier alpha value is -2.68. The molecule has 0 saturated heterocycles. The summed E-state index contributed by atoms with van der Waals surface area (Å²) >= 11 is 4.97. The predicted molar refractivity (Wildman–Crippen MR) is 173 cm³/mol. The summed E-state index contributed by atoms with van der Waals surface area (Å²) in [5, 5.41) is 36.6. The molecule has 0 atom stereocenters. The van der Waals surface area contributed by atoms with Gasteiger partial charge >= 0.3 is 23.9 Å². The van der Waals surface area contributed by atoms with Gasteiger partial charge in [0.15, 0.2) is 0 Å². The van der Waals surface area contributed by atoms with Crippen LogP contribution in [0.4, 0.5) is 0 Å². The van der Waals surface area contributed by atoms with E-state index in [4.69, 9.17) is 29.9 Å². The lowest BCUT2D eigenvalue weighted by Gasteiger charge is -2.19. The van der Waals surface area contributed by atoms with E-state index in [9.17, 15) is 19.2 Å². The first-order chi connectivity index (χ1) is 20.5.